The summed E-state index contributed by atoms with van der Waals surface area (Å²) >= 11 is 0. The summed E-state index contributed by atoms with van der Waals surface area (Å²) in [6, 6.07) is 2.95. The molecule has 0 aromatic rings. The van der Waals surface area contributed by atoms with Gasteiger partial charge in [0, 0.05) is 9.52 Å². The minimum Gasteiger partial charge on any atom is -0.0654 e. The van der Waals surface area contributed by atoms with E-state index in [2.05, 4.69) is 20.8 Å². The van der Waals surface area contributed by atoms with Crippen molar-refractivity contribution in [3.63, 3.8) is 0 Å². The van der Waals surface area contributed by atoms with Gasteiger partial charge in [0.05, 0.1) is 0 Å². The van der Waals surface area contributed by atoms with Gasteiger partial charge in [-0.05, 0) is 5.92 Å². The van der Waals surface area contributed by atoms with Crippen LogP contribution in [0.1, 0.15) is 72.1 Å². The molecular formula is C14H30Si. The highest BCUT2D eigenvalue weighted by atomic mass is 28.2. The van der Waals surface area contributed by atoms with Crippen molar-refractivity contribution in [2.75, 3.05) is 0 Å². The second kappa shape index (κ2) is 12.3. The van der Waals surface area contributed by atoms with Gasteiger partial charge in [0.25, 0.3) is 0 Å². The van der Waals surface area contributed by atoms with Gasteiger partial charge in [-0.15, -0.1) is 0 Å². The highest BCUT2D eigenvalue weighted by molar-refractivity contribution is 6.35. The van der Waals surface area contributed by atoms with Gasteiger partial charge in [0.15, 0.2) is 0 Å². The minimum atomic E-state index is 0.914. The largest absolute Gasteiger partial charge is 0.0654 e. The summed E-state index contributed by atoms with van der Waals surface area (Å²) in [5.41, 5.74) is 0. The Morgan fingerprint density at radius 1 is 0.800 bits per heavy atom. The van der Waals surface area contributed by atoms with Crippen molar-refractivity contribution in [3.8, 4) is 0 Å². The van der Waals surface area contributed by atoms with Gasteiger partial charge >= 0.3 is 0 Å². The second-order valence-electron chi connectivity index (χ2n) is 5.07. The van der Waals surface area contributed by atoms with Crippen LogP contribution in [-0.4, -0.2) is 9.52 Å². The molecule has 2 radical (unpaired) electrons. The maximum Gasteiger partial charge on any atom is 0.0380 e. The Morgan fingerprint density at radius 2 is 1.33 bits per heavy atom. The summed E-state index contributed by atoms with van der Waals surface area (Å²) in [6.45, 7) is 6.96. The fourth-order valence-corrected chi connectivity index (χ4v) is 3.06. The molecular weight excluding hydrogens is 196 g/mol. The molecule has 90 valence electrons. The number of hydrogen-bond acceptors (Lipinski definition) is 0. The van der Waals surface area contributed by atoms with Crippen LogP contribution in [0.15, 0.2) is 0 Å². The zero-order valence-corrected chi connectivity index (χ0v) is 12.1. The first-order valence-electron chi connectivity index (χ1n) is 6.98. The Labute approximate surface area is 100 Å². The lowest BCUT2D eigenvalue weighted by molar-refractivity contribution is 0.584. The maximum absolute atomic E-state index is 2.33. The summed E-state index contributed by atoms with van der Waals surface area (Å²) in [5, 5.41) is 0. The van der Waals surface area contributed by atoms with E-state index in [9.17, 15) is 0 Å². The quantitative estimate of drug-likeness (QED) is 0.330. The summed E-state index contributed by atoms with van der Waals surface area (Å²) in [6.07, 6.45) is 11.7. The Bertz CT molecular complexity index is 110. The molecule has 0 heterocycles. The van der Waals surface area contributed by atoms with E-state index in [-0.39, 0.29) is 0 Å². The van der Waals surface area contributed by atoms with Crippen molar-refractivity contribution in [1.29, 1.82) is 0 Å². The lowest BCUT2D eigenvalue weighted by atomic mass is 10.1. The van der Waals surface area contributed by atoms with E-state index >= 15 is 0 Å². The standard InChI is InChI=1S/C14H30Si/c1-4-5-6-7-8-9-10-11-12-15-13-14(2)3/h14H,4-13H2,1-3H3. The van der Waals surface area contributed by atoms with Crippen LogP contribution in [0.5, 0.6) is 0 Å². The van der Waals surface area contributed by atoms with E-state index in [1.165, 1.54) is 73.0 Å². The third-order valence-electron chi connectivity index (χ3n) is 2.76. The van der Waals surface area contributed by atoms with Crippen LogP contribution in [-0.2, 0) is 0 Å². The second-order valence-corrected chi connectivity index (χ2v) is 6.48. The van der Waals surface area contributed by atoms with Crippen LogP contribution in [0.3, 0.4) is 0 Å². The van der Waals surface area contributed by atoms with Crippen molar-refractivity contribution < 1.29 is 0 Å². The monoisotopic (exact) mass is 226 g/mol. The highest BCUT2D eigenvalue weighted by Crippen LogP contribution is 2.10. The Kier molecular flexibility index (Phi) is 12.5. The summed E-state index contributed by atoms with van der Waals surface area (Å²) < 4.78 is 0. The van der Waals surface area contributed by atoms with Crippen LogP contribution in [0.25, 0.3) is 0 Å². The topological polar surface area (TPSA) is 0 Å². The molecule has 1 heteroatoms. The van der Waals surface area contributed by atoms with Crippen molar-refractivity contribution in [2.45, 2.75) is 84.2 Å². The molecule has 0 amide bonds. The van der Waals surface area contributed by atoms with Crippen molar-refractivity contribution in [2.24, 2.45) is 5.92 Å². The molecule has 0 aliphatic rings. The van der Waals surface area contributed by atoms with Crippen molar-refractivity contribution >= 4 is 9.52 Å². The molecule has 0 aliphatic carbocycles. The van der Waals surface area contributed by atoms with Crippen molar-refractivity contribution in [1.82, 2.24) is 0 Å². The first-order valence-corrected chi connectivity index (χ1v) is 8.39. The molecule has 0 nitrogen and oxygen atoms in total. The Morgan fingerprint density at radius 3 is 1.87 bits per heavy atom. The molecule has 0 spiro atoms. The van der Waals surface area contributed by atoms with E-state index in [1.54, 1.807) is 0 Å². The SMILES string of the molecule is CCCCCCCCCC[Si]CC(C)C. The third-order valence-corrected chi connectivity index (χ3v) is 4.57. The molecule has 0 aromatic heterocycles. The van der Waals surface area contributed by atoms with Gasteiger partial charge in [-0.2, -0.15) is 0 Å². The average Bonchev–Trinajstić information content (AvgIpc) is 2.20. The number of hydrogen-bond donors (Lipinski definition) is 0. The summed E-state index contributed by atoms with van der Waals surface area (Å²) in [5.74, 6) is 0.914. The number of unbranched alkanes of at least 4 members (excludes halogenated alkanes) is 7. The van der Waals surface area contributed by atoms with E-state index in [4.69, 9.17) is 0 Å². The van der Waals surface area contributed by atoms with Crippen LogP contribution < -0.4 is 0 Å². The Hall–Kier alpha value is 0.217. The van der Waals surface area contributed by atoms with Gasteiger partial charge < -0.3 is 0 Å². The molecule has 0 saturated heterocycles. The van der Waals surface area contributed by atoms with E-state index in [0.29, 0.717) is 0 Å². The average molecular weight is 226 g/mol. The predicted octanol–water partition coefficient (Wildman–Crippen LogP) is 5.32. The molecule has 0 atom stereocenters. The zero-order valence-electron chi connectivity index (χ0n) is 11.1. The predicted molar refractivity (Wildman–Crippen MR) is 72.8 cm³/mol. The lowest BCUT2D eigenvalue weighted by Crippen LogP contribution is -1.95. The summed E-state index contributed by atoms with van der Waals surface area (Å²) in [4.78, 5) is 0. The molecule has 0 rings (SSSR count). The maximum atomic E-state index is 2.33. The van der Waals surface area contributed by atoms with Crippen molar-refractivity contribution in [3.05, 3.63) is 0 Å². The zero-order chi connectivity index (χ0) is 11.4. The normalized spacial score (nSPS) is 11.2. The first-order chi connectivity index (χ1) is 7.27. The molecule has 0 saturated carbocycles. The molecule has 15 heavy (non-hydrogen) atoms. The number of rotatable bonds is 11. The van der Waals surface area contributed by atoms with Gasteiger partial charge in [0.1, 0.15) is 0 Å². The van der Waals surface area contributed by atoms with Crippen LogP contribution in [0.2, 0.25) is 12.1 Å². The molecule has 0 aliphatic heterocycles. The van der Waals surface area contributed by atoms with Crippen LogP contribution >= 0.6 is 0 Å². The van der Waals surface area contributed by atoms with Gasteiger partial charge in [-0.25, -0.2) is 0 Å². The van der Waals surface area contributed by atoms with Crippen LogP contribution in [0, 0.1) is 5.92 Å². The Balaban J connectivity index is 2.87. The van der Waals surface area contributed by atoms with E-state index in [0.717, 1.165) is 5.92 Å². The van der Waals surface area contributed by atoms with E-state index < -0.39 is 0 Å². The lowest BCUT2D eigenvalue weighted by Gasteiger charge is -2.03. The first kappa shape index (κ1) is 15.2. The molecule has 0 unspecified atom stereocenters. The van der Waals surface area contributed by atoms with Gasteiger partial charge in [-0.1, -0.05) is 84.2 Å². The van der Waals surface area contributed by atoms with Crippen LogP contribution in [0.4, 0.5) is 0 Å². The smallest absolute Gasteiger partial charge is 0.0380 e. The van der Waals surface area contributed by atoms with Gasteiger partial charge in [-0.3, -0.25) is 0 Å². The third kappa shape index (κ3) is 14.2. The summed E-state index contributed by atoms with van der Waals surface area (Å²) in [7, 11) is 1.22. The fraction of sp³-hybridized carbons (Fsp3) is 1.00. The minimum absolute atomic E-state index is 0.914. The van der Waals surface area contributed by atoms with E-state index in [1.807, 2.05) is 0 Å². The molecule has 0 bridgehead atoms. The molecule has 0 aromatic carbocycles. The molecule has 0 N–H and O–H groups in total. The van der Waals surface area contributed by atoms with Gasteiger partial charge in [0.2, 0.25) is 0 Å². The highest BCUT2D eigenvalue weighted by Gasteiger charge is 1.95. The molecule has 0 fully saturated rings. The fourth-order valence-electron chi connectivity index (χ4n) is 1.77.